The number of nitrogens with one attached hydrogen (secondary N) is 2. The quantitative estimate of drug-likeness (QED) is 0.713. The fourth-order valence-corrected chi connectivity index (χ4v) is 3.90. The molecule has 134 valence electrons. The lowest BCUT2D eigenvalue weighted by Crippen LogP contribution is -2.34. The summed E-state index contributed by atoms with van der Waals surface area (Å²) in [4.78, 5) is 18.8. The molecule has 0 bridgehead atoms. The fraction of sp³-hybridized carbons (Fsp3) is 0.312. The van der Waals surface area contributed by atoms with Crippen LogP contribution < -0.4 is 5.56 Å². The van der Waals surface area contributed by atoms with E-state index in [1.165, 1.54) is 13.1 Å². The van der Waals surface area contributed by atoms with Gasteiger partial charge in [0.2, 0.25) is 10.0 Å². The van der Waals surface area contributed by atoms with Crippen LogP contribution in [0.1, 0.15) is 0 Å². The number of sulfonamides is 1. The number of rotatable bonds is 5. The van der Waals surface area contributed by atoms with E-state index in [1.54, 1.807) is 12.3 Å². The fourth-order valence-electron chi connectivity index (χ4n) is 2.67. The Kier molecular flexibility index (Phi) is 4.40. The third-order valence-electron chi connectivity index (χ3n) is 4.13. The van der Waals surface area contributed by atoms with Gasteiger partial charge in [0.15, 0.2) is 0 Å². The number of hydrogen-bond acceptors (Lipinski definition) is 4. The Bertz CT molecular complexity index is 1100. The number of pyridine rings is 1. The summed E-state index contributed by atoms with van der Waals surface area (Å²) >= 11 is 0. The van der Waals surface area contributed by atoms with Crippen molar-refractivity contribution < 1.29 is 12.8 Å². The first-order chi connectivity index (χ1) is 11.7. The Morgan fingerprint density at radius 1 is 1.12 bits per heavy atom. The van der Waals surface area contributed by atoms with E-state index in [2.05, 4.69) is 9.97 Å². The molecule has 7 nitrogen and oxygen atoms in total. The molecule has 9 heteroatoms. The molecule has 0 aliphatic heterocycles. The predicted octanol–water partition coefficient (Wildman–Crippen LogP) is 1.33. The molecule has 0 atom stereocenters. The van der Waals surface area contributed by atoms with Crippen LogP contribution >= 0.6 is 0 Å². The molecule has 0 saturated carbocycles. The Balaban J connectivity index is 2.18. The molecule has 0 spiro atoms. The largest absolute Gasteiger partial charge is 0.357 e. The van der Waals surface area contributed by atoms with E-state index in [0.717, 1.165) is 10.4 Å². The molecular weight excluding hydrogens is 347 g/mol. The Hall–Kier alpha value is -2.23. The van der Waals surface area contributed by atoms with Crippen molar-refractivity contribution in [3.05, 3.63) is 40.6 Å². The molecule has 0 aliphatic rings. The highest BCUT2D eigenvalue weighted by Gasteiger charge is 2.25. The molecule has 1 aromatic carbocycles. The average Bonchev–Trinajstić information content (AvgIpc) is 3.02. The number of benzene rings is 1. The number of halogens is 1. The summed E-state index contributed by atoms with van der Waals surface area (Å²) in [6.45, 7) is 0.748. The third kappa shape index (κ3) is 3.06. The van der Waals surface area contributed by atoms with Crippen molar-refractivity contribution in [2.75, 3.05) is 34.2 Å². The Morgan fingerprint density at radius 3 is 2.52 bits per heavy atom. The van der Waals surface area contributed by atoms with E-state index in [0.29, 0.717) is 22.8 Å². The number of likely N-dealkylation sites (N-methyl/N-ethyl adjacent to an activating group) is 2. The first kappa shape index (κ1) is 17.6. The van der Waals surface area contributed by atoms with E-state index in [9.17, 15) is 17.6 Å². The topological polar surface area (TPSA) is 89.3 Å². The third-order valence-corrected chi connectivity index (χ3v) is 6.01. The first-order valence-corrected chi connectivity index (χ1v) is 9.09. The van der Waals surface area contributed by atoms with Gasteiger partial charge in [-0.05, 0) is 32.3 Å². The van der Waals surface area contributed by atoms with Gasteiger partial charge in [0.05, 0.1) is 5.52 Å². The second-order valence-corrected chi connectivity index (χ2v) is 8.19. The van der Waals surface area contributed by atoms with Crippen LogP contribution in [0.4, 0.5) is 4.39 Å². The van der Waals surface area contributed by atoms with Gasteiger partial charge in [-0.25, -0.2) is 12.8 Å². The highest BCUT2D eigenvalue weighted by atomic mass is 32.2. The van der Waals surface area contributed by atoms with Crippen molar-refractivity contribution in [2.45, 2.75) is 4.90 Å². The lowest BCUT2D eigenvalue weighted by Gasteiger charge is -2.20. The number of fused-ring (bicyclic) bond motifs is 3. The smallest absolute Gasteiger partial charge is 0.272 e. The number of aromatic amines is 2. The zero-order chi connectivity index (χ0) is 18.4. The van der Waals surface area contributed by atoms with Gasteiger partial charge in [-0.1, -0.05) is 0 Å². The van der Waals surface area contributed by atoms with Crippen molar-refractivity contribution >= 4 is 31.8 Å². The second kappa shape index (κ2) is 6.25. The maximum Gasteiger partial charge on any atom is 0.272 e. The average molecular weight is 366 g/mol. The summed E-state index contributed by atoms with van der Waals surface area (Å²) < 4.78 is 41.1. The maximum absolute atomic E-state index is 14.5. The molecule has 0 radical (unpaired) electrons. The van der Waals surface area contributed by atoms with Gasteiger partial charge in [-0.2, -0.15) is 4.31 Å². The molecule has 2 N–H and O–H groups in total. The molecule has 0 aliphatic carbocycles. The van der Waals surface area contributed by atoms with Crippen molar-refractivity contribution in [3.63, 3.8) is 0 Å². The first-order valence-electron chi connectivity index (χ1n) is 7.65. The van der Waals surface area contributed by atoms with Crippen LogP contribution in [0.25, 0.3) is 21.8 Å². The van der Waals surface area contributed by atoms with Crippen LogP contribution in [0.3, 0.4) is 0 Å². The van der Waals surface area contributed by atoms with E-state index in [-0.39, 0.29) is 17.6 Å². The summed E-state index contributed by atoms with van der Waals surface area (Å²) in [5.74, 6) is -0.894. The van der Waals surface area contributed by atoms with Crippen LogP contribution in [0, 0.1) is 5.82 Å². The molecule has 3 rings (SSSR count). The Labute approximate surface area is 144 Å². The van der Waals surface area contributed by atoms with Crippen molar-refractivity contribution in [2.24, 2.45) is 0 Å². The van der Waals surface area contributed by atoms with E-state index in [1.807, 2.05) is 19.0 Å². The van der Waals surface area contributed by atoms with Gasteiger partial charge in [0.25, 0.3) is 5.56 Å². The lowest BCUT2D eigenvalue weighted by atomic mass is 10.1. The minimum Gasteiger partial charge on any atom is -0.357 e. The van der Waals surface area contributed by atoms with E-state index in [4.69, 9.17) is 0 Å². The lowest BCUT2D eigenvalue weighted by molar-refractivity contribution is 0.357. The van der Waals surface area contributed by atoms with Gasteiger partial charge in [0.1, 0.15) is 16.2 Å². The van der Waals surface area contributed by atoms with Gasteiger partial charge in [-0.3, -0.25) is 4.79 Å². The number of aromatic nitrogens is 2. The van der Waals surface area contributed by atoms with Crippen molar-refractivity contribution in [3.8, 4) is 0 Å². The van der Waals surface area contributed by atoms with Crippen molar-refractivity contribution in [1.82, 2.24) is 19.2 Å². The van der Waals surface area contributed by atoms with Gasteiger partial charge in [0, 0.05) is 37.1 Å². The Morgan fingerprint density at radius 2 is 1.84 bits per heavy atom. The monoisotopic (exact) mass is 366 g/mol. The van der Waals surface area contributed by atoms with Gasteiger partial charge in [-0.15, -0.1) is 0 Å². The molecule has 0 amide bonds. The van der Waals surface area contributed by atoms with E-state index < -0.39 is 20.7 Å². The SMILES string of the molecule is CN(C)CCN(C)S(=O)(=O)c1cc2c(cc1F)[nH]c(=O)c1[nH]ccc12. The minimum absolute atomic E-state index is 0.234. The molecule has 3 aromatic rings. The van der Waals surface area contributed by atoms with Crippen LogP contribution in [0.15, 0.2) is 34.1 Å². The standard InChI is InChI=1S/C16H19FN4O3S/c1-20(2)6-7-21(3)25(23,24)14-8-11-10-4-5-18-15(10)16(22)19-13(11)9-12(14)17/h4-5,8-9,18H,6-7H2,1-3H3,(H,19,22). The summed E-state index contributed by atoms with van der Waals surface area (Å²) in [5, 5.41) is 1.02. The molecule has 2 aromatic heterocycles. The molecular formula is C16H19FN4O3S. The normalized spacial score (nSPS) is 12.7. The predicted molar refractivity (Wildman–Crippen MR) is 94.8 cm³/mol. The van der Waals surface area contributed by atoms with Crippen LogP contribution in [-0.4, -0.2) is 61.8 Å². The molecule has 25 heavy (non-hydrogen) atoms. The number of nitrogens with zero attached hydrogens (tertiary/aromatic N) is 2. The molecule has 0 fully saturated rings. The summed E-state index contributed by atoms with van der Waals surface area (Å²) in [6.07, 6.45) is 1.58. The summed E-state index contributed by atoms with van der Waals surface area (Å²) in [5.41, 5.74) is 0.193. The molecule has 0 unspecified atom stereocenters. The van der Waals surface area contributed by atoms with Crippen molar-refractivity contribution in [1.29, 1.82) is 0 Å². The van der Waals surface area contributed by atoms with Crippen LogP contribution in [-0.2, 0) is 10.0 Å². The highest BCUT2D eigenvalue weighted by molar-refractivity contribution is 7.89. The second-order valence-electron chi connectivity index (χ2n) is 6.18. The van der Waals surface area contributed by atoms with Crippen LogP contribution in [0.2, 0.25) is 0 Å². The summed E-state index contributed by atoms with van der Waals surface area (Å²) in [7, 11) is 1.09. The number of hydrogen-bond donors (Lipinski definition) is 2. The molecule has 2 heterocycles. The minimum atomic E-state index is -3.99. The van der Waals surface area contributed by atoms with E-state index >= 15 is 0 Å². The van der Waals surface area contributed by atoms with Gasteiger partial charge >= 0.3 is 0 Å². The number of H-pyrrole nitrogens is 2. The molecule has 0 saturated heterocycles. The zero-order valence-electron chi connectivity index (χ0n) is 14.1. The highest BCUT2D eigenvalue weighted by Crippen LogP contribution is 2.27. The zero-order valence-corrected chi connectivity index (χ0v) is 14.9. The van der Waals surface area contributed by atoms with Crippen LogP contribution in [0.5, 0.6) is 0 Å². The maximum atomic E-state index is 14.5. The summed E-state index contributed by atoms with van der Waals surface area (Å²) in [6, 6.07) is 3.99. The van der Waals surface area contributed by atoms with Gasteiger partial charge < -0.3 is 14.9 Å².